The lowest BCUT2D eigenvalue weighted by molar-refractivity contribution is 0.141. The molecule has 0 fully saturated rings. The van der Waals surface area contributed by atoms with Gasteiger partial charge in [-0.2, -0.15) is 0 Å². The number of nitrogens with zero attached hydrogens (tertiary/aromatic N) is 1. The summed E-state index contributed by atoms with van der Waals surface area (Å²) < 4.78 is 0. The molecule has 21 heavy (non-hydrogen) atoms. The Kier molecular flexibility index (Phi) is 5.78. The fourth-order valence-electron chi connectivity index (χ4n) is 2.43. The molecule has 0 spiro atoms. The molecule has 0 aliphatic carbocycles. The second kappa shape index (κ2) is 7.81. The van der Waals surface area contributed by atoms with Crippen molar-refractivity contribution in [2.45, 2.75) is 26.0 Å². The summed E-state index contributed by atoms with van der Waals surface area (Å²) in [6, 6.07) is 17.9. The van der Waals surface area contributed by atoms with Crippen molar-refractivity contribution in [3.63, 3.8) is 0 Å². The second-order valence-electron chi connectivity index (χ2n) is 5.33. The van der Waals surface area contributed by atoms with Crippen LogP contribution in [-0.2, 0) is 6.54 Å². The number of hydrogen-bond donors (Lipinski definition) is 2. The highest BCUT2D eigenvalue weighted by molar-refractivity contribution is 5.41. The van der Waals surface area contributed by atoms with Crippen LogP contribution in [0.1, 0.15) is 30.6 Å². The first-order valence-electron chi connectivity index (χ1n) is 7.49. The van der Waals surface area contributed by atoms with Gasteiger partial charge in [-0.15, -0.1) is 0 Å². The Morgan fingerprint density at radius 2 is 1.86 bits per heavy atom. The Bertz CT molecular complexity index is 542. The first-order valence-corrected chi connectivity index (χ1v) is 7.49. The lowest BCUT2D eigenvalue weighted by Crippen LogP contribution is -2.25. The fraction of sp³-hybridized carbons (Fsp3) is 0.333. The summed E-state index contributed by atoms with van der Waals surface area (Å²) in [5.74, 6) is 0. The van der Waals surface area contributed by atoms with Crippen LogP contribution >= 0.6 is 0 Å². The lowest BCUT2D eigenvalue weighted by atomic mass is 10.1. The van der Waals surface area contributed by atoms with Crippen LogP contribution in [0.5, 0.6) is 0 Å². The minimum Gasteiger partial charge on any atom is -0.399 e. The molecule has 0 radical (unpaired) electrons. The molecule has 0 saturated heterocycles. The molecule has 0 amide bonds. The summed E-state index contributed by atoms with van der Waals surface area (Å²) in [4.78, 5) is 2.34. The van der Waals surface area contributed by atoms with Gasteiger partial charge in [-0.3, -0.25) is 4.90 Å². The summed E-state index contributed by atoms with van der Waals surface area (Å²) in [6.07, 6.45) is 0.253. The van der Waals surface area contributed by atoms with Crippen molar-refractivity contribution in [1.82, 2.24) is 4.90 Å². The number of rotatable bonds is 7. The zero-order valence-corrected chi connectivity index (χ0v) is 12.6. The van der Waals surface area contributed by atoms with Gasteiger partial charge in [-0.05, 0) is 36.2 Å². The van der Waals surface area contributed by atoms with Gasteiger partial charge in [-0.1, -0.05) is 49.4 Å². The molecule has 0 heterocycles. The first kappa shape index (κ1) is 15.5. The first-order chi connectivity index (χ1) is 10.2. The maximum Gasteiger partial charge on any atom is 0.0803 e. The molecule has 112 valence electrons. The molecule has 0 aromatic heterocycles. The Labute approximate surface area is 127 Å². The van der Waals surface area contributed by atoms with E-state index in [0.29, 0.717) is 12.1 Å². The third kappa shape index (κ3) is 4.88. The smallest absolute Gasteiger partial charge is 0.0803 e. The summed E-state index contributed by atoms with van der Waals surface area (Å²) in [5.41, 5.74) is 8.65. The monoisotopic (exact) mass is 284 g/mol. The van der Waals surface area contributed by atoms with Crippen molar-refractivity contribution in [3.8, 4) is 0 Å². The van der Waals surface area contributed by atoms with Crippen LogP contribution in [0.25, 0.3) is 0 Å². The van der Waals surface area contributed by atoms with Crippen molar-refractivity contribution in [1.29, 1.82) is 0 Å². The maximum absolute atomic E-state index is 10.3. The number of aliphatic hydroxyl groups excluding tert-OH is 1. The van der Waals surface area contributed by atoms with E-state index in [-0.39, 0.29) is 0 Å². The molecular formula is C18H24N2O. The van der Waals surface area contributed by atoms with Crippen molar-refractivity contribution in [2.75, 3.05) is 18.8 Å². The number of benzene rings is 2. The molecule has 3 nitrogen and oxygen atoms in total. The molecule has 3 N–H and O–H groups in total. The van der Waals surface area contributed by atoms with Crippen molar-refractivity contribution < 1.29 is 5.11 Å². The van der Waals surface area contributed by atoms with Crippen LogP contribution in [0.15, 0.2) is 54.6 Å². The van der Waals surface area contributed by atoms with Crippen LogP contribution in [0.2, 0.25) is 0 Å². The van der Waals surface area contributed by atoms with Gasteiger partial charge >= 0.3 is 0 Å². The Morgan fingerprint density at radius 3 is 2.52 bits per heavy atom. The van der Waals surface area contributed by atoms with E-state index in [1.165, 1.54) is 5.56 Å². The van der Waals surface area contributed by atoms with Gasteiger partial charge in [0.15, 0.2) is 0 Å². The fourth-order valence-corrected chi connectivity index (χ4v) is 2.43. The molecule has 0 aliphatic heterocycles. The second-order valence-corrected chi connectivity index (χ2v) is 5.33. The predicted octanol–water partition coefficient (Wildman–Crippen LogP) is 3.21. The minimum atomic E-state index is -0.460. The molecule has 1 unspecified atom stereocenters. The van der Waals surface area contributed by atoms with Crippen molar-refractivity contribution >= 4 is 5.69 Å². The highest BCUT2D eigenvalue weighted by Crippen LogP contribution is 2.19. The van der Waals surface area contributed by atoms with E-state index in [1.54, 1.807) is 0 Å². The zero-order valence-electron chi connectivity index (χ0n) is 12.6. The summed E-state index contributed by atoms with van der Waals surface area (Å²) in [6.45, 7) is 4.90. The van der Waals surface area contributed by atoms with E-state index in [4.69, 9.17) is 5.73 Å². The normalized spacial score (nSPS) is 12.5. The average Bonchev–Trinajstić information content (AvgIpc) is 2.52. The van der Waals surface area contributed by atoms with Crippen LogP contribution in [0, 0.1) is 0 Å². The largest absolute Gasteiger partial charge is 0.399 e. The number of nitrogens with two attached hydrogens (primary N) is 1. The predicted molar refractivity (Wildman–Crippen MR) is 87.8 cm³/mol. The molecule has 1 atom stereocenters. The van der Waals surface area contributed by atoms with Gasteiger partial charge < -0.3 is 10.8 Å². The summed E-state index contributed by atoms with van der Waals surface area (Å²) in [5, 5.41) is 10.3. The summed E-state index contributed by atoms with van der Waals surface area (Å²) in [7, 11) is 0. The van der Waals surface area contributed by atoms with Crippen molar-refractivity contribution in [2.24, 2.45) is 0 Å². The molecule has 2 aromatic rings. The molecule has 2 rings (SSSR count). The van der Waals surface area contributed by atoms with Gasteiger partial charge in [0, 0.05) is 18.8 Å². The number of nitrogen functional groups attached to an aromatic ring is 1. The summed E-state index contributed by atoms with van der Waals surface area (Å²) >= 11 is 0. The Morgan fingerprint density at radius 1 is 1.10 bits per heavy atom. The van der Waals surface area contributed by atoms with E-state index in [9.17, 15) is 5.11 Å². The molecule has 0 bridgehead atoms. The molecule has 0 saturated carbocycles. The number of aliphatic hydroxyl groups is 1. The standard InChI is InChI=1S/C18H24N2O/c1-2-20(14-15-7-4-3-5-8-15)12-11-18(21)16-9-6-10-17(19)13-16/h3-10,13,18,21H,2,11-12,14,19H2,1H3. The van der Waals surface area contributed by atoms with Gasteiger partial charge in [0.05, 0.1) is 6.10 Å². The SMILES string of the molecule is CCN(CCC(O)c1cccc(N)c1)Cc1ccccc1. The van der Waals surface area contributed by atoms with Crippen molar-refractivity contribution in [3.05, 3.63) is 65.7 Å². The van der Waals surface area contributed by atoms with Gasteiger partial charge in [-0.25, -0.2) is 0 Å². The molecule has 0 aliphatic rings. The van der Waals surface area contributed by atoms with E-state index in [1.807, 2.05) is 30.3 Å². The minimum absolute atomic E-state index is 0.460. The van der Waals surface area contributed by atoms with E-state index < -0.39 is 6.10 Å². The molecular weight excluding hydrogens is 260 g/mol. The average molecular weight is 284 g/mol. The highest BCUT2D eigenvalue weighted by Gasteiger charge is 2.10. The van der Waals surface area contributed by atoms with Crippen LogP contribution < -0.4 is 5.73 Å². The maximum atomic E-state index is 10.3. The third-order valence-electron chi connectivity index (χ3n) is 3.71. The van der Waals surface area contributed by atoms with Crippen LogP contribution in [0.3, 0.4) is 0 Å². The number of hydrogen-bond acceptors (Lipinski definition) is 3. The van der Waals surface area contributed by atoms with E-state index >= 15 is 0 Å². The number of anilines is 1. The topological polar surface area (TPSA) is 49.5 Å². The molecule has 2 aromatic carbocycles. The quantitative estimate of drug-likeness (QED) is 0.768. The highest BCUT2D eigenvalue weighted by atomic mass is 16.3. The van der Waals surface area contributed by atoms with Crippen LogP contribution in [-0.4, -0.2) is 23.1 Å². The molecule has 3 heteroatoms. The van der Waals surface area contributed by atoms with Gasteiger partial charge in [0.2, 0.25) is 0 Å². The van der Waals surface area contributed by atoms with E-state index in [0.717, 1.165) is 25.2 Å². The van der Waals surface area contributed by atoms with Gasteiger partial charge in [0.25, 0.3) is 0 Å². The van der Waals surface area contributed by atoms with E-state index in [2.05, 4.69) is 36.1 Å². The van der Waals surface area contributed by atoms with Crippen LogP contribution in [0.4, 0.5) is 5.69 Å². The lowest BCUT2D eigenvalue weighted by Gasteiger charge is -2.22. The Hall–Kier alpha value is -1.84. The third-order valence-corrected chi connectivity index (χ3v) is 3.71. The zero-order chi connectivity index (χ0) is 15.1. The van der Waals surface area contributed by atoms with Gasteiger partial charge in [0.1, 0.15) is 0 Å². The Balaban J connectivity index is 1.88.